The topological polar surface area (TPSA) is 50.4 Å². The van der Waals surface area contributed by atoms with Gasteiger partial charge in [0.05, 0.1) is 7.11 Å². The van der Waals surface area contributed by atoms with Gasteiger partial charge in [-0.05, 0) is 37.9 Å². The third-order valence-electron chi connectivity index (χ3n) is 3.30. The van der Waals surface area contributed by atoms with Gasteiger partial charge in [-0.2, -0.15) is 0 Å². The number of methoxy groups -OCH3 is 1. The minimum atomic E-state index is 0.157. The van der Waals surface area contributed by atoms with Crippen LogP contribution in [0.25, 0.3) is 0 Å². The van der Waals surface area contributed by atoms with Gasteiger partial charge in [-0.1, -0.05) is 17.7 Å². The van der Waals surface area contributed by atoms with Crippen LogP contribution in [0.15, 0.2) is 18.2 Å². The average Bonchev–Trinajstić information content (AvgIpc) is 3.23. The number of benzene rings is 1. The third-order valence-corrected chi connectivity index (χ3v) is 3.65. The first-order valence-corrected chi connectivity index (χ1v) is 7.40. The molecular formula is C15H21ClN2O2. The predicted molar refractivity (Wildman–Crippen MR) is 80.1 cm³/mol. The molecule has 0 heterocycles. The number of nitrogens with one attached hydrogen (secondary N) is 2. The molecule has 0 atom stereocenters. The normalized spacial score (nSPS) is 14.1. The molecule has 1 aromatic rings. The summed E-state index contributed by atoms with van der Waals surface area (Å²) in [7, 11) is 1.64. The zero-order valence-electron chi connectivity index (χ0n) is 11.7. The molecule has 20 heavy (non-hydrogen) atoms. The summed E-state index contributed by atoms with van der Waals surface area (Å²) in [5, 5.41) is 6.98. The predicted octanol–water partition coefficient (Wildman–Crippen LogP) is 2.50. The molecule has 0 aliphatic heterocycles. The number of ether oxygens (including phenoxy) is 1. The second-order valence-corrected chi connectivity index (χ2v) is 5.45. The van der Waals surface area contributed by atoms with Gasteiger partial charge in [-0.3, -0.25) is 4.79 Å². The fourth-order valence-corrected chi connectivity index (χ4v) is 2.25. The van der Waals surface area contributed by atoms with E-state index in [4.69, 9.17) is 16.3 Å². The van der Waals surface area contributed by atoms with E-state index in [-0.39, 0.29) is 5.91 Å². The molecule has 1 fully saturated rings. The molecule has 0 radical (unpaired) electrons. The molecule has 0 unspecified atom stereocenters. The van der Waals surface area contributed by atoms with E-state index in [1.807, 2.05) is 18.2 Å². The Morgan fingerprint density at radius 2 is 2.25 bits per heavy atom. The first-order chi connectivity index (χ1) is 9.70. The fourth-order valence-electron chi connectivity index (χ4n) is 2.02. The molecule has 1 aliphatic rings. The Morgan fingerprint density at radius 3 is 2.95 bits per heavy atom. The lowest BCUT2D eigenvalue weighted by Gasteiger charge is -2.11. The Bertz CT molecular complexity index is 461. The van der Waals surface area contributed by atoms with E-state index in [1.54, 1.807) is 7.11 Å². The number of carbonyl (C=O) groups excluding carboxylic acids is 1. The minimum absolute atomic E-state index is 0.157. The Hall–Kier alpha value is -1.26. The van der Waals surface area contributed by atoms with Crippen molar-refractivity contribution in [1.29, 1.82) is 0 Å². The van der Waals surface area contributed by atoms with Crippen LogP contribution in [-0.4, -0.2) is 25.6 Å². The molecule has 1 aliphatic carbocycles. The molecule has 0 spiro atoms. The zero-order chi connectivity index (χ0) is 14.4. The minimum Gasteiger partial charge on any atom is -0.496 e. The van der Waals surface area contributed by atoms with Crippen LogP contribution in [0.5, 0.6) is 5.75 Å². The van der Waals surface area contributed by atoms with Crippen molar-refractivity contribution in [2.24, 2.45) is 0 Å². The summed E-state index contributed by atoms with van der Waals surface area (Å²) >= 11 is 6.15. The molecule has 1 amide bonds. The molecule has 2 rings (SSSR count). The average molecular weight is 297 g/mol. The highest BCUT2D eigenvalue weighted by Crippen LogP contribution is 2.25. The summed E-state index contributed by atoms with van der Waals surface area (Å²) in [6.45, 7) is 1.43. The molecule has 5 heteroatoms. The van der Waals surface area contributed by atoms with Crippen LogP contribution in [-0.2, 0) is 11.3 Å². The number of hydrogen-bond acceptors (Lipinski definition) is 3. The van der Waals surface area contributed by atoms with E-state index in [2.05, 4.69) is 10.6 Å². The number of rotatable bonds is 8. The first kappa shape index (κ1) is 15.1. The van der Waals surface area contributed by atoms with Crippen LogP contribution in [0.4, 0.5) is 0 Å². The fraction of sp³-hybridized carbons (Fsp3) is 0.533. The van der Waals surface area contributed by atoms with Crippen molar-refractivity contribution in [3.63, 3.8) is 0 Å². The number of hydrogen-bond donors (Lipinski definition) is 2. The lowest BCUT2D eigenvalue weighted by atomic mass is 10.2. The van der Waals surface area contributed by atoms with Gasteiger partial charge in [-0.25, -0.2) is 0 Å². The summed E-state index contributed by atoms with van der Waals surface area (Å²) in [5.41, 5.74) is 0.957. The zero-order valence-corrected chi connectivity index (χ0v) is 12.5. The van der Waals surface area contributed by atoms with Crippen LogP contribution in [0.3, 0.4) is 0 Å². The highest BCUT2D eigenvalue weighted by molar-refractivity contribution is 6.31. The summed E-state index contributed by atoms with van der Waals surface area (Å²) < 4.78 is 5.28. The maximum Gasteiger partial charge on any atom is 0.220 e. The molecule has 2 N–H and O–H groups in total. The van der Waals surface area contributed by atoms with E-state index in [1.165, 1.54) is 0 Å². The van der Waals surface area contributed by atoms with Gasteiger partial charge in [-0.15, -0.1) is 0 Å². The maximum absolute atomic E-state index is 11.5. The van der Waals surface area contributed by atoms with E-state index in [0.717, 1.165) is 37.1 Å². The van der Waals surface area contributed by atoms with Crippen molar-refractivity contribution in [1.82, 2.24) is 10.6 Å². The van der Waals surface area contributed by atoms with Crippen molar-refractivity contribution in [3.8, 4) is 5.75 Å². The quantitative estimate of drug-likeness (QED) is 0.725. The molecule has 4 nitrogen and oxygen atoms in total. The summed E-state index contributed by atoms with van der Waals surface area (Å²) in [4.78, 5) is 11.5. The van der Waals surface area contributed by atoms with Gasteiger partial charge in [0.15, 0.2) is 0 Å². The lowest BCUT2D eigenvalue weighted by molar-refractivity contribution is -0.121. The van der Waals surface area contributed by atoms with Crippen LogP contribution in [0.1, 0.15) is 31.2 Å². The molecule has 1 saturated carbocycles. The number of amides is 1. The van der Waals surface area contributed by atoms with Crippen molar-refractivity contribution in [2.45, 2.75) is 38.3 Å². The highest BCUT2D eigenvalue weighted by atomic mass is 35.5. The number of halogens is 1. The molecular weight excluding hydrogens is 276 g/mol. The molecule has 110 valence electrons. The Balaban J connectivity index is 1.66. The van der Waals surface area contributed by atoms with E-state index >= 15 is 0 Å². The van der Waals surface area contributed by atoms with Crippen molar-refractivity contribution >= 4 is 17.5 Å². The second-order valence-electron chi connectivity index (χ2n) is 5.04. The molecule has 1 aromatic carbocycles. The van der Waals surface area contributed by atoms with Crippen LogP contribution < -0.4 is 15.4 Å². The van der Waals surface area contributed by atoms with Gasteiger partial charge in [0.25, 0.3) is 0 Å². The van der Waals surface area contributed by atoms with E-state index in [0.29, 0.717) is 24.0 Å². The smallest absolute Gasteiger partial charge is 0.220 e. The summed E-state index contributed by atoms with van der Waals surface area (Å²) in [6, 6.07) is 6.06. The Labute approximate surface area is 124 Å². The van der Waals surface area contributed by atoms with Gasteiger partial charge in [0, 0.05) is 29.6 Å². The number of carbonyl (C=O) groups is 1. The lowest BCUT2D eigenvalue weighted by Crippen LogP contribution is -2.26. The van der Waals surface area contributed by atoms with Crippen molar-refractivity contribution in [2.75, 3.05) is 13.7 Å². The molecule has 0 bridgehead atoms. The maximum atomic E-state index is 11.5. The molecule has 0 aromatic heterocycles. The summed E-state index contributed by atoms with van der Waals surface area (Å²) in [5.74, 6) is 0.945. The standard InChI is InChI=1S/C15H21ClN2O2/c1-20-14-5-2-4-13(16)12(14)10-17-9-3-6-15(19)18-11-7-8-11/h2,4-5,11,17H,3,6-10H2,1H3,(H,18,19). The monoisotopic (exact) mass is 296 g/mol. The highest BCUT2D eigenvalue weighted by Gasteiger charge is 2.22. The second kappa shape index (κ2) is 7.50. The van der Waals surface area contributed by atoms with Gasteiger partial charge in [0.2, 0.25) is 5.91 Å². The van der Waals surface area contributed by atoms with Crippen LogP contribution in [0.2, 0.25) is 5.02 Å². The molecule has 0 saturated heterocycles. The largest absolute Gasteiger partial charge is 0.496 e. The Morgan fingerprint density at radius 1 is 1.45 bits per heavy atom. The van der Waals surface area contributed by atoms with Crippen LogP contribution in [0, 0.1) is 0 Å². The van der Waals surface area contributed by atoms with Crippen molar-refractivity contribution in [3.05, 3.63) is 28.8 Å². The van der Waals surface area contributed by atoms with E-state index < -0.39 is 0 Å². The van der Waals surface area contributed by atoms with Gasteiger partial charge in [0.1, 0.15) is 5.75 Å². The summed E-state index contributed by atoms with van der Waals surface area (Å²) in [6.07, 6.45) is 3.67. The van der Waals surface area contributed by atoms with Crippen LogP contribution >= 0.6 is 11.6 Å². The van der Waals surface area contributed by atoms with Gasteiger partial charge < -0.3 is 15.4 Å². The van der Waals surface area contributed by atoms with Crippen molar-refractivity contribution < 1.29 is 9.53 Å². The third kappa shape index (κ3) is 4.69. The van der Waals surface area contributed by atoms with E-state index in [9.17, 15) is 4.79 Å². The Kier molecular flexibility index (Phi) is 5.68. The first-order valence-electron chi connectivity index (χ1n) is 7.02. The van der Waals surface area contributed by atoms with Gasteiger partial charge >= 0.3 is 0 Å². The SMILES string of the molecule is COc1cccc(Cl)c1CNCCCC(=O)NC1CC1.